The van der Waals surface area contributed by atoms with E-state index in [1.54, 1.807) is 0 Å². The van der Waals surface area contributed by atoms with Crippen LogP contribution in [0, 0.1) is 13.8 Å². The van der Waals surface area contributed by atoms with E-state index in [4.69, 9.17) is 0 Å². The van der Waals surface area contributed by atoms with Gasteiger partial charge in [-0.25, -0.2) is 0 Å². The molecule has 246 valence electrons. The fraction of sp³-hybridized carbons (Fsp3) is 0.318. The van der Waals surface area contributed by atoms with Crippen molar-refractivity contribution in [3.63, 3.8) is 0 Å². The third-order valence-electron chi connectivity index (χ3n) is 9.63. The standard InChI is InChI=1S/C44H50N4/c1-35-31-41(39-25-15-17-27-43(39)47(35)33-37-21-11-9-12-22-37)45-29-19-7-5-3-4-6-8-20-30-46-42-32-36(2)48(34-38-23-13-10-14-24-38)44-28-18-16-26-40(42)44/h9-18,21-28,31-32H,3-8,19-20,29-30,33-34H2,1-2H3/p+2. The average molecular weight is 637 g/mol. The van der Waals surface area contributed by atoms with Crippen molar-refractivity contribution in [1.82, 2.24) is 0 Å². The summed E-state index contributed by atoms with van der Waals surface area (Å²) in [5, 5.41) is 10.1. The van der Waals surface area contributed by atoms with Crippen LogP contribution in [0.5, 0.6) is 0 Å². The van der Waals surface area contributed by atoms with Gasteiger partial charge in [0, 0.05) is 62.3 Å². The van der Waals surface area contributed by atoms with E-state index in [9.17, 15) is 0 Å². The monoisotopic (exact) mass is 636 g/mol. The molecular formula is C44H52N4+2. The summed E-state index contributed by atoms with van der Waals surface area (Å²) in [6.07, 6.45) is 10.3. The molecule has 0 unspecified atom stereocenters. The van der Waals surface area contributed by atoms with Crippen molar-refractivity contribution in [2.24, 2.45) is 0 Å². The second-order valence-electron chi connectivity index (χ2n) is 13.3. The zero-order chi connectivity index (χ0) is 33.0. The van der Waals surface area contributed by atoms with Crippen LogP contribution in [0.2, 0.25) is 0 Å². The van der Waals surface area contributed by atoms with Gasteiger partial charge in [-0.05, 0) is 25.0 Å². The molecule has 0 saturated carbocycles. The lowest BCUT2D eigenvalue weighted by Gasteiger charge is -2.12. The number of nitrogens with one attached hydrogen (secondary N) is 2. The lowest BCUT2D eigenvalue weighted by molar-refractivity contribution is -0.668. The van der Waals surface area contributed by atoms with Crippen LogP contribution >= 0.6 is 0 Å². The van der Waals surface area contributed by atoms with Crippen molar-refractivity contribution in [1.29, 1.82) is 0 Å². The van der Waals surface area contributed by atoms with Crippen LogP contribution in [-0.4, -0.2) is 13.1 Å². The summed E-state index contributed by atoms with van der Waals surface area (Å²) in [6, 6.07) is 43.7. The number of unbranched alkanes of at least 4 members (excludes halogenated alkanes) is 7. The molecule has 4 aromatic carbocycles. The molecule has 0 saturated heterocycles. The predicted molar refractivity (Wildman–Crippen MR) is 203 cm³/mol. The number of pyridine rings is 2. The Hall–Kier alpha value is -4.70. The number of fused-ring (bicyclic) bond motifs is 2. The van der Waals surface area contributed by atoms with E-state index in [-0.39, 0.29) is 0 Å². The second kappa shape index (κ2) is 16.9. The fourth-order valence-corrected chi connectivity index (χ4v) is 6.98. The van der Waals surface area contributed by atoms with Crippen LogP contribution in [0.1, 0.15) is 73.9 Å². The molecule has 0 spiro atoms. The van der Waals surface area contributed by atoms with Crippen LogP contribution < -0.4 is 19.8 Å². The first kappa shape index (κ1) is 33.2. The van der Waals surface area contributed by atoms with Gasteiger partial charge >= 0.3 is 0 Å². The smallest absolute Gasteiger partial charge is 0.215 e. The Morgan fingerprint density at radius 3 is 1.19 bits per heavy atom. The Morgan fingerprint density at radius 1 is 0.417 bits per heavy atom. The van der Waals surface area contributed by atoms with Crippen molar-refractivity contribution in [2.45, 2.75) is 78.3 Å². The van der Waals surface area contributed by atoms with E-state index >= 15 is 0 Å². The third kappa shape index (κ3) is 8.60. The highest BCUT2D eigenvalue weighted by molar-refractivity contribution is 5.90. The van der Waals surface area contributed by atoms with Crippen LogP contribution in [0.25, 0.3) is 21.8 Å². The molecule has 6 aromatic rings. The summed E-state index contributed by atoms with van der Waals surface area (Å²) in [4.78, 5) is 0. The highest BCUT2D eigenvalue weighted by Gasteiger charge is 2.18. The molecule has 2 heterocycles. The first-order chi connectivity index (χ1) is 23.7. The van der Waals surface area contributed by atoms with E-state index in [1.807, 2.05) is 0 Å². The number of hydrogen-bond donors (Lipinski definition) is 2. The van der Waals surface area contributed by atoms with Gasteiger partial charge in [-0.2, -0.15) is 9.13 Å². The Bertz CT molecular complexity index is 1760. The number of aryl methyl sites for hydroxylation is 2. The number of benzene rings is 4. The van der Waals surface area contributed by atoms with E-state index in [0.29, 0.717) is 0 Å². The van der Waals surface area contributed by atoms with Gasteiger partial charge in [-0.3, -0.25) is 0 Å². The van der Waals surface area contributed by atoms with Crippen LogP contribution in [-0.2, 0) is 13.1 Å². The number of hydrogen-bond acceptors (Lipinski definition) is 2. The zero-order valence-electron chi connectivity index (χ0n) is 28.9. The predicted octanol–water partition coefficient (Wildman–Crippen LogP) is 9.93. The largest absolute Gasteiger partial charge is 0.384 e. The highest BCUT2D eigenvalue weighted by atomic mass is 15.0. The first-order valence-electron chi connectivity index (χ1n) is 18.1. The Balaban J connectivity index is 0.885. The topological polar surface area (TPSA) is 31.8 Å². The maximum absolute atomic E-state index is 3.76. The quantitative estimate of drug-likeness (QED) is 0.0771. The van der Waals surface area contributed by atoms with Crippen molar-refractivity contribution in [3.05, 3.63) is 144 Å². The van der Waals surface area contributed by atoms with Gasteiger partial charge in [0.1, 0.15) is 0 Å². The van der Waals surface area contributed by atoms with Gasteiger partial charge in [0.2, 0.25) is 11.0 Å². The lowest BCUT2D eigenvalue weighted by Crippen LogP contribution is -2.38. The van der Waals surface area contributed by atoms with Crippen molar-refractivity contribution >= 4 is 33.2 Å². The van der Waals surface area contributed by atoms with Gasteiger partial charge in [-0.15, -0.1) is 0 Å². The van der Waals surface area contributed by atoms with Gasteiger partial charge in [-0.1, -0.05) is 123 Å². The Labute approximate surface area is 287 Å². The molecule has 48 heavy (non-hydrogen) atoms. The number of rotatable bonds is 17. The molecule has 0 aliphatic heterocycles. The molecule has 4 nitrogen and oxygen atoms in total. The molecule has 6 rings (SSSR count). The zero-order valence-corrected chi connectivity index (χ0v) is 28.9. The van der Waals surface area contributed by atoms with Crippen LogP contribution in [0.15, 0.2) is 121 Å². The average Bonchev–Trinajstić information content (AvgIpc) is 3.12. The molecular weight excluding hydrogens is 585 g/mol. The van der Waals surface area contributed by atoms with Crippen molar-refractivity contribution in [3.8, 4) is 0 Å². The minimum absolute atomic E-state index is 0.892. The first-order valence-corrected chi connectivity index (χ1v) is 18.1. The normalized spacial score (nSPS) is 11.3. The number of aromatic nitrogens is 2. The minimum Gasteiger partial charge on any atom is -0.384 e. The molecule has 0 aliphatic rings. The Morgan fingerprint density at radius 2 is 0.771 bits per heavy atom. The molecule has 0 bridgehead atoms. The maximum atomic E-state index is 3.76. The highest BCUT2D eigenvalue weighted by Crippen LogP contribution is 2.24. The third-order valence-corrected chi connectivity index (χ3v) is 9.63. The molecule has 0 atom stereocenters. The SMILES string of the molecule is Cc1cc(NCCCCCCCCCCNc2cc(C)[n+](Cc3ccccc3)c3ccccc23)c2ccccc2[n+]1Cc1ccccc1. The van der Waals surface area contributed by atoms with Gasteiger partial charge < -0.3 is 10.6 Å². The van der Waals surface area contributed by atoms with Crippen LogP contribution in [0.4, 0.5) is 11.4 Å². The minimum atomic E-state index is 0.892. The summed E-state index contributed by atoms with van der Waals surface area (Å²) < 4.78 is 4.86. The summed E-state index contributed by atoms with van der Waals surface area (Å²) in [6.45, 7) is 8.29. The van der Waals surface area contributed by atoms with Gasteiger partial charge in [0.25, 0.3) is 0 Å². The number of para-hydroxylation sites is 2. The van der Waals surface area contributed by atoms with Crippen molar-refractivity contribution < 1.29 is 9.13 Å². The summed E-state index contributed by atoms with van der Waals surface area (Å²) in [5.74, 6) is 0. The summed E-state index contributed by atoms with van der Waals surface area (Å²) in [7, 11) is 0. The molecule has 2 aromatic heterocycles. The maximum Gasteiger partial charge on any atom is 0.215 e. The number of nitrogens with zero attached hydrogens (tertiary/aromatic N) is 2. The Kier molecular flexibility index (Phi) is 11.7. The summed E-state index contributed by atoms with van der Waals surface area (Å²) in [5.41, 5.74) is 10.3. The second-order valence-corrected chi connectivity index (χ2v) is 13.3. The molecule has 0 radical (unpaired) electrons. The van der Waals surface area contributed by atoms with E-state index < -0.39 is 0 Å². The van der Waals surface area contributed by atoms with E-state index in [0.717, 1.165) is 26.2 Å². The van der Waals surface area contributed by atoms with Gasteiger partial charge in [0.15, 0.2) is 24.5 Å². The fourth-order valence-electron chi connectivity index (χ4n) is 6.98. The summed E-state index contributed by atoms with van der Waals surface area (Å²) >= 11 is 0. The lowest BCUT2D eigenvalue weighted by atomic mass is 10.1. The van der Waals surface area contributed by atoms with Crippen molar-refractivity contribution in [2.75, 3.05) is 23.7 Å². The van der Waals surface area contributed by atoms with Crippen LogP contribution in [0.3, 0.4) is 0 Å². The van der Waals surface area contributed by atoms with E-state index in [2.05, 4.69) is 155 Å². The molecule has 0 aliphatic carbocycles. The van der Waals surface area contributed by atoms with Gasteiger partial charge in [0.05, 0.1) is 22.1 Å². The number of anilines is 2. The molecule has 0 amide bonds. The molecule has 0 fully saturated rings. The molecule has 2 N–H and O–H groups in total. The van der Waals surface area contributed by atoms with E-state index in [1.165, 1.54) is 107 Å². The molecule has 4 heteroatoms.